The van der Waals surface area contributed by atoms with Gasteiger partial charge in [-0.3, -0.25) is 4.98 Å². The molecule has 0 aliphatic heterocycles. The van der Waals surface area contributed by atoms with Gasteiger partial charge in [-0.1, -0.05) is 19.9 Å². The van der Waals surface area contributed by atoms with Crippen LogP contribution in [0, 0.1) is 5.92 Å². The van der Waals surface area contributed by atoms with E-state index in [4.69, 9.17) is 5.73 Å². The molecule has 84 valence electrons. The van der Waals surface area contributed by atoms with E-state index in [1.54, 1.807) is 0 Å². The first-order valence-corrected chi connectivity index (χ1v) is 6.51. The molecule has 0 aliphatic carbocycles. The SMILES string of the molecule is CC(C)CCSC(CN)c1ccccn1. The number of nitrogens with zero attached hydrogens (tertiary/aromatic N) is 1. The minimum absolute atomic E-state index is 0.352. The third-order valence-corrected chi connectivity index (χ3v) is 3.55. The fourth-order valence-corrected chi connectivity index (χ4v) is 2.62. The average molecular weight is 224 g/mol. The van der Waals surface area contributed by atoms with Crippen LogP contribution in [0.15, 0.2) is 24.4 Å². The second-order valence-corrected chi connectivity index (χ2v) is 5.34. The molecule has 0 spiro atoms. The Labute approximate surface area is 96.7 Å². The number of pyridine rings is 1. The Kier molecular flexibility index (Phi) is 5.73. The summed E-state index contributed by atoms with van der Waals surface area (Å²) < 4.78 is 0. The van der Waals surface area contributed by atoms with Gasteiger partial charge >= 0.3 is 0 Å². The first-order valence-electron chi connectivity index (χ1n) is 5.46. The number of hydrogen-bond donors (Lipinski definition) is 1. The van der Waals surface area contributed by atoms with E-state index < -0.39 is 0 Å². The van der Waals surface area contributed by atoms with E-state index in [0.29, 0.717) is 11.8 Å². The third kappa shape index (κ3) is 4.67. The predicted molar refractivity (Wildman–Crippen MR) is 67.9 cm³/mol. The molecule has 0 saturated heterocycles. The molecule has 1 aromatic heterocycles. The van der Waals surface area contributed by atoms with E-state index >= 15 is 0 Å². The third-order valence-electron chi connectivity index (χ3n) is 2.25. The van der Waals surface area contributed by atoms with Crippen molar-refractivity contribution in [1.82, 2.24) is 4.98 Å². The molecule has 2 N–H and O–H groups in total. The van der Waals surface area contributed by atoms with Crippen molar-refractivity contribution in [2.45, 2.75) is 25.5 Å². The molecule has 0 fully saturated rings. The number of nitrogens with two attached hydrogens (primary N) is 1. The molecule has 0 amide bonds. The van der Waals surface area contributed by atoms with Gasteiger partial charge in [-0.25, -0.2) is 0 Å². The minimum atomic E-state index is 0.352. The van der Waals surface area contributed by atoms with Gasteiger partial charge in [0.05, 0.1) is 10.9 Å². The molecule has 1 aromatic rings. The van der Waals surface area contributed by atoms with Crippen molar-refractivity contribution in [3.05, 3.63) is 30.1 Å². The standard InChI is InChI=1S/C12H20N2S/c1-10(2)6-8-15-12(9-13)11-5-3-4-7-14-11/h3-5,7,10,12H,6,8-9,13H2,1-2H3. The highest BCUT2D eigenvalue weighted by Gasteiger charge is 2.10. The molecule has 0 saturated carbocycles. The van der Waals surface area contributed by atoms with E-state index in [1.807, 2.05) is 30.1 Å². The first kappa shape index (κ1) is 12.5. The number of thioether (sulfide) groups is 1. The van der Waals surface area contributed by atoms with Gasteiger partial charge in [-0.15, -0.1) is 0 Å². The lowest BCUT2D eigenvalue weighted by molar-refractivity contribution is 0.631. The Bertz CT molecular complexity index is 262. The molecule has 0 aromatic carbocycles. The van der Waals surface area contributed by atoms with Crippen molar-refractivity contribution in [1.29, 1.82) is 0 Å². The predicted octanol–water partition coefficient (Wildman–Crippen LogP) is 2.86. The molecule has 1 atom stereocenters. The Morgan fingerprint density at radius 3 is 2.73 bits per heavy atom. The van der Waals surface area contributed by atoms with Gasteiger partial charge in [-0.05, 0) is 30.2 Å². The first-order chi connectivity index (χ1) is 7.24. The fraction of sp³-hybridized carbons (Fsp3) is 0.583. The van der Waals surface area contributed by atoms with E-state index in [0.717, 1.165) is 17.4 Å². The lowest BCUT2D eigenvalue weighted by Crippen LogP contribution is -2.11. The maximum Gasteiger partial charge on any atom is 0.0592 e. The largest absolute Gasteiger partial charge is 0.329 e. The van der Waals surface area contributed by atoms with Gasteiger partial charge in [-0.2, -0.15) is 11.8 Å². The Hall–Kier alpha value is -0.540. The molecule has 0 bridgehead atoms. The lowest BCUT2D eigenvalue weighted by atomic mass is 10.2. The molecular formula is C12H20N2S. The van der Waals surface area contributed by atoms with Crippen LogP contribution in [0.25, 0.3) is 0 Å². The molecule has 0 aliphatic rings. The maximum absolute atomic E-state index is 5.76. The van der Waals surface area contributed by atoms with Crippen LogP contribution in [0.2, 0.25) is 0 Å². The van der Waals surface area contributed by atoms with Gasteiger partial charge in [0.1, 0.15) is 0 Å². The van der Waals surface area contributed by atoms with Crippen LogP contribution in [0.1, 0.15) is 31.2 Å². The van der Waals surface area contributed by atoms with Gasteiger partial charge in [0.25, 0.3) is 0 Å². The Morgan fingerprint density at radius 2 is 2.20 bits per heavy atom. The van der Waals surface area contributed by atoms with E-state index in [-0.39, 0.29) is 0 Å². The van der Waals surface area contributed by atoms with Crippen molar-refractivity contribution < 1.29 is 0 Å². The molecule has 1 heterocycles. The van der Waals surface area contributed by atoms with Gasteiger partial charge < -0.3 is 5.73 Å². The van der Waals surface area contributed by atoms with Gasteiger partial charge in [0.15, 0.2) is 0 Å². The summed E-state index contributed by atoms with van der Waals surface area (Å²) in [5.41, 5.74) is 6.87. The van der Waals surface area contributed by atoms with E-state index in [9.17, 15) is 0 Å². The second-order valence-electron chi connectivity index (χ2n) is 4.03. The molecule has 2 nitrogen and oxygen atoms in total. The summed E-state index contributed by atoms with van der Waals surface area (Å²) in [5, 5.41) is 0.352. The van der Waals surface area contributed by atoms with Gasteiger partial charge in [0, 0.05) is 12.7 Å². The van der Waals surface area contributed by atoms with Crippen molar-refractivity contribution >= 4 is 11.8 Å². The molecule has 1 unspecified atom stereocenters. The Morgan fingerprint density at radius 1 is 1.40 bits per heavy atom. The molecule has 15 heavy (non-hydrogen) atoms. The summed E-state index contributed by atoms with van der Waals surface area (Å²) in [7, 11) is 0. The zero-order valence-corrected chi connectivity index (χ0v) is 10.3. The van der Waals surface area contributed by atoms with Crippen LogP contribution < -0.4 is 5.73 Å². The monoisotopic (exact) mass is 224 g/mol. The van der Waals surface area contributed by atoms with Crippen LogP contribution >= 0.6 is 11.8 Å². The topological polar surface area (TPSA) is 38.9 Å². The summed E-state index contributed by atoms with van der Waals surface area (Å²) in [6, 6.07) is 6.02. The Balaban J connectivity index is 2.43. The smallest absolute Gasteiger partial charge is 0.0592 e. The molecule has 3 heteroatoms. The number of aromatic nitrogens is 1. The van der Waals surface area contributed by atoms with Crippen LogP contribution in [-0.2, 0) is 0 Å². The van der Waals surface area contributed by atoms with Crippen molar-refractivity contribution in [3.63, 3.8) is 0 Å². The van der Waals surface area contributed by atoms with Crippen LogP contribution in [0.4, 0.5) is 0 Å². The minimum Gasteiger partial charge on any atom is -0.329 e. The molecular weight excluding hydrogens is 204 g/mol. The average Bonchev–Trinajstić information content (AvgIpc) is 2.25. The quantitative estimate of drug-likeness (QED) is 0.807. The van der Waals surface area contributed by atoms with E-state index in [2.05, 4.69) is 24.9 Å². The van der Waals surface area contributed by atoms with Crippen molar-refractivity contribution in [2.24, 2.45) is 11.7 Å². The highest BCUT2D eigenvalue weighted by molar-refractivity contribution is 7.99. The molecule has 1 rings (SSSR count). The number of hydrogen-bond acceptors (Lipinski definition) is 3. The van der Waals surface area contributed by atoms with E-state index in [1.165, 1.54) is 6.42 Å². The normalized spacial score (nSPS) is 13.1. The fourth-order valence-electron chi connectivity index (χ4n) is 1.29. The second kappa shape index (κ2) is 6.85. The summed E-state index contributed by atoms with van der Waals surface area (Å²) in [5.74, 6) is 1.93. The summed E-state index contributed by atoms with van der Waals surface area (Å²) >= 11 is 1.92. The van der Waals surface area contributed by atoms with Crippen LogP contribution in [0.3, 0.4) is 0 Å². The summed E-state index contributed by atoms with van der Waals surface area (Å²) in [6.07, 6.45) is 3.08. The summed E-state index contributed by atoms with van der Waals surface area (Å²) in [4.78, 5) is 4.35. The summed E-state index contributed by atoms with van der Waals surface area (Å²) in [6.45, 7) is 5.16. The lowest BCUT2D eigenvalue weighted by Gasteiger charge is -2.14. The maximum atomic E-state index is 5.76. The van der Waals surface area contributed by atoms with Crippen molar-refractivity contribution in [2.75, 3.05) is 12.3 Å². The zero-order chi connectivity index (χ0) is 11.1. The highest BCUT2D eigenvalue weighted by atomic mass is 32.2. The van der Waals surface area contributed by atoms with Crippen LogP contribution in [0.5, 0.6) is 0 Å². The highest BCUT2D eigenvalue weighted by Crippen LogP contribution is 2.27. The van der Waals surface area contributed by atoms with Crippen molar-refractivity contribution in [3.8, 4) is 0 Å². The van der Waals surface area contributed by atoms with Crippen LogP contribution in [-0.4, -0.2) is 17.3 Å². The van der Waals surface area contributed by atoms with Gasteiger partial charge in [0.2, 0.25) is 0 Å². The molecule has 0 radical (unpaired) electrons. The number of rotatable bonds is 6. The zero-order valence-electron chi connectivity index (χ0n) is 9.52.